The molecule has 1 heterocycles. The van der Waals surface area contributed by atoms with Gasteiger partial charge in [0.05, 0.1) is 0 Å². The molecule has 1 aliphatic rings. The number of likely N-dealkylation sites (tertiary alicyclic amines) is 1. The van der Waals surface area contributed by atoms with Crippen LogP contribution in [-0.4, -0.2) is 29.9 Å². The van der Waals surface area contributed by atoms with Gasteiger partial charge in [0.2, 0.25) is 0 Å². The van der Waals surface area contributed by atoms with Gasteiger partial charge >= 0.3 is 0 Å². The molecule has 0 saturated carbocycles. The second kappa shape index (κ2) is 5.15. The highest BCUT2D eigenvalue weighted by atomic mass is 79.9. The molecular weight excluding hydrogens is 202 g/mol. The Morgan fingerprint density at radius 1 is 1.55 bits per heavy atom. The van der Waals surface area contributed by atoms with E-state index in [9.17, 15) is 0 Å². The number of hydrogen-bond acceptors (Lipinski definition) is 1. The highest BCUT2D eigenvalue weighted by Gasteiger charge is 2.20. The zero-order valence-corrected chi connectivity index (χ0v) is 8.94. The molecule has 0 aliphatic carbocycles. The van der Waals surface area contributed by atoms with E-state index in [0.717, 1.165) is 5.92 Å². The summed E-state index contributed by atoms with van der Waals surface area (Å²) in [5.74, 6) is 0.923. The first-order chi connectivity index (χ1) is 5.36. The lowest BCUT2D eigenvalue weighted by molar-refractivity contribution is 0.323. The van der Waals surface area contributed by atoms with Gasteiger partial charge in [0.15, 0.2) is 0 Å². The zero-order valence-electron chi connectivity index (χ0n) is 7.35. The van der Waals surface area contributed by atoms with Crippen LogP contribution >= 0.6 is 15.9 Å². The molecule has 11 heavy (non-hydrogen) atoms. The summed E-state index contributed by atoms with van der Waals surface area (Å²) in [6.07, 6.45) is 4.10. The second-order valence-electron chi connectivity index (χ2n) is 3.46. The molecular formula is C9H18BrN. The van der Waals surface area contributed by atoms with Crippen molar-refractivity contribution in [1.29, 1.82) is 0 Å². The van der Waals surface area contributed by atoms with Crippen LogP contribution in [0.15, 0.2) is 0 Å². The van der Waals surface area contributed by atoms with Gasteiger partial charge in [0, 0.05) is 11.9 Å². The smallest absolute Gasteiger partial charge is 0.00723 e. The number of rotatable bonds is 4. The maximum absolute atomic E-state index is 3.55. The zero-order chi connectivity index (χ0) is 8.10. The lowest BCUT2D eigenvalue weighted by atomic mass is 10.2. The third kappa shape index (κ3) is 3.12. The van der Waals surface area contributed by atoms with Crippen LogP contribution in [0.2, 0.25) is 0 Å². The normalized spacial score (nSPS) is 26.2. The minimum absolute atomic E-state index is 0.923. The molecule has 0 bridgehead atoms. The van der Waals surface area contributed by atoms with E-state index in [1.165, 1.54) is 44.2 Å². The van der Waals surface area contributed by atoms with E-state index in [1.807, 2.05) is 0 Å². The van der Waals surface area contributed by atoms with Crippen LogP contribution in [0.4, 0.5) is 0 Å². The molecule has 1 saturated heterocycles. The maximum Gasteiger partial charge on any atom is 0.00723 e. The Morgan fingerprint density at radius 3 is 2.91 bits per heavy atom. The minimum Gasteiger partial charge on any atom is -0.303 e. The Balaban J connectivity index is 2.09. The summed E-state index contributed by atoms with van der Waals surface area (Å²) in [6, 6.07) is 0. The molecule has 0 aromatic carbocycles. The van der Waals surface area contributed by atoms with Crippen LogP contribution in [0.25, 0.3) is 0 Å². The Labute approximate surface area is 78.3 Å². The van der Waals surface area contributed by atoms with Crippen LogP contribution < -0.4 is 0 Å². The first-order valence-corrected chi connectivity index (χ1v) is 5.77. The molecule has 2 heteroatoms. The average molecular weight is 220 g/mol. The summed E-state index contributed by atoms with van der Waals surface area (Å²) in [6.45, 7) is 6.24. The first kappa shape index (κ1) is 9.53. The summed E-state index contributed by atoms with van der Waals surface area (Å²) in [4.78, 5) is 2.59. The molecule has 1 atom stereocenters. The van der Waals surface area contributed by atoms with Crippen LogP contribution in [-0.2, 0) is 0 Å². The quantitative estimate of drug-likeness (QED) is 0.658. The number of unbranched alkanes of at least 4 members (excludes halogenated alkanes) is 1. The Kier molecular flexibility index (Phi) is 4.46. The van der Waals surface area contributed by atoms with E-state index >= 15 is 0 Å². The summed E-state index contributed by atoms with van der Waals surface area (Å²) >= 11 is 3.55. The fourth-order valence-corrected chi connectivity index (χ4v) is 2.15. The van der Waals surface area contributed by atoms with Gasteiger partial charge in [-0.25, -0.2) is 0 Å². The van der Waals surface area contributed by atoms with Crippen molar-refractivity contribution in [1.82, 2.24) is 4.90 Å². The standard InChI is InChI=1S/C9H18BrN/c1-2-3-5-11-6-4-9(7-10)8-11/h9H,2-8H2,1H3. The lowest BCUT2D eigenvalue weighted by Crippen LogP contribution is -2.21. The molecule has 1 aliphatic heterocycles. The lowest BCUT2D eigenvalue weighted by Gasteiger charge is -2.14. The molecule has 0 radical (unpaired) electrons. The van der Waals surface area contributed by atoms with Crippen molar-refractivity contribution in [3.05, 3.63) is 0 Å². The monoisotopic (exact) mass is 219 g/mol. The highest BCUT2D eigenvalue weighted by Crippen LogP contribution is 2.18. The second-order valence-corrected chi connectivity index (χ2v) is 4.11. The van der Waals surface area contributed by atoms with E-state index in [-0.39, 0.29) is 0 Å². The van der Waals surface area contributed by atoms with Crippen molar-refractivity contribution in [2.24, 2.45) is 5.92 Å². The van der Waals surface area contributed by atoms with Gasteiger partial charge < -0.3 is 4.90 Å². The van der Waals surface area contributed by atoms with Gasteiger partial charge in [-0.15, -0.1) is 0 Å². The average Bonchev–Trinajstić information content (AvgIpc) is 2.48. The van der Waals surface area contributed by atoms with Crippen molar-refractivity contribution in [3.8, 4) is 0 Å². The van der Waals surface area contributed by atoms with E-state index in [0.29, 0.717) is 0 Å². The van der Waals surface area contributed by atoms with Crippen molar-refractivity contribution < 1.29 is 0 Å². The number of nitrogens with zero attached hydrogens (tertiary/aromatic N) is 1. The predicted octanol–water partition coefficient (Wildman–Crippen LogP) is 2.50. The summed E-state index contributed by atoms with van der Waals surface area (Å²) in [5, 5.41) is 1.19. The summed E-state index contributed by atoms with van der Waals surface area (Å²) in [5.41, 5.74) is 0. The maximum atomic E-state index is 3.55. The summed E-state index contributed by atoms with van der Waals surface area (Å²) < 4.78 is 0. The SMILES string of the molecule is CCCCN1CCC(CBr)C1. The number of hydrogen-bond donors (Lipinski definition) is 0. The Bertz CT molecular complexity index is 106. The third-order valence-electron chi connectivity index (χ3n) is 2.42. The van der Waals surface area contributed by atoms with Gasteiger partial charge in [-0.05, 0) is 31.8 Å². The first-order valence-electron chi connectivity index (χ1n) is 4.65. The van der Waals surface area contributed by atoms with Gasteiger partial charge in [0.25, 0.3) is 0 Å². The molecule has 0 spiro atoms. The van der Waals surface area contributed by atoms with Crippen LogP contribution in [0.5, 0.6) is 0 Å². The van der Waals surface area contributed by atoms with Crippen molar-refractivity contribution in [2.75, 3.05) is 25.0 Å². The van der Waals surface area contributed by atoms with E-state index < -0.39 is 0 Å². The van der Waals surface area contributed by atoms with Crippen molar-refractivity contribution in [2.45, 2.75) is 26.2 Å². The molecule has 0 aromatic heterocycles. The molecule has 1 unspecified atom stereocenters. The fourth-order valence-electron chi connectivity index (χ4n) is 1.62. The summed E-state index contributed by atoms with van der Waals surface area (Å²) in [7, 11) is 0. The molecule has 1 nitrogen and oxygen atoms in total. The van der Waals surface area contributed by atoms with Gasteiger partial charge in [-0.2, -0.15) is 0 Å². The Morgan fingerprint density at radius 2 is 2.36 bits per heavy atom. The minimum atomic E-state index is 0.923. The molecule has 1 rings (SSSR count). The van der Waals surface area contributed by atoms with Crippen LogP contribution in [0, 0.1) is 5.92 Å². The number of halogens is 1. The van der Waals surface area contributed by atoms with Gasteiger partial charge in [-0.3, -0.25) is 0 Å². The van der Waals surface area contributed by atoms with E-state index in [1.54, 1.807) is 0 Å². The predicted molar refractivity (Wildman–Crippen MR) is 53.2 cm³/mol. The largest absolute Gasteiger partial charge is 0.303 e. The van der Waals surface area contributed by atoms with Crippen molar-refractivity contribution in [3.63, 3.8) is 0 Å². The van der Waals surface area contributed by atoms with E-state index in [4.69, 9.17) is 0 Å². The molecule has 66 valence electrons. The fraction of sp³-hybridized carbons (Fsp3) is 1.00. The van der Waals surface area contributed by atoms with Gasteiger partial charge in [-0.1, -0.05) is 29.3 Å². The van der Waals surface area contributed by atoms with Crippen molar-refractivity contribution >= 4 is 15.9 Å². The highest BCUT2D eigenvalue weighted by molar-refractivity contribution is 9.09. The van der Waals surface area contributed by atoms with Gasteiger partial charge in [0.1, 0.15) is 0 Å². The topological polar surface area (TPSA) is 3.24 Å². The Hall–Kier alpha value is 0.440. The van der Waals surface area contributed by atoms with Crippen LogP contribution in [0.1, 0.15) is 26.2 Å². The third-order valence-corrected chi connectivity index (χ3v) is 3.33. The van der Waals surface area contributed by atoms with Crippen LogP contribution in [0.3, 0.4) is 0 Å². The number of alkyl halides is 1. The molecule has 0 amide bonds. The van der Waals surface area contributed by atoms with E-state index in [2.05, 4.69) is 27.8 Å². The molecule has 0 aromatic rings. The molecule has 0 N–H and O–H groups in total. The molecule has 1 fully saturated rings.